The van der Waals surface area contributed by atoms with Gasteiger partial charge in [-0.3, -0.25) is 4.90 Å². The Morgan fingerprint density at radius 3 is 2.31 bits per heavy atom. The van der Waals surface area contributed by atoms with Gasteiger partial charge in [0.15, 0.2) is 0 Å². The van der Waals surface area contributed by atoms with E-state index >= 15 is 0 Å². The molecular formula is C13H19Br2N. The minimum absolute atomic E-state index is 0. The molecule has 0 unspecified atom stereocenters. The van der Waals surface area contributed by atoms with E-state index in [1.54, 1.807) is 0 Å². The second-order valence-corrected chi connectivity index (χ2v) is 5.01. The van der Waals surface area contributed by atoms with Gasteiger partial charge in [-0.25, -0.2) is 0 Å². The molecule has 1 aliphatic rings. The Labute approximate surface area is 117 Å². The molecule has 90 valence electrons. The molecule has 1 aromatic carbocycles. The second kappa shape index (κ2) is 7.46. The average molecular weight is 349 g/mol. The van der Waals surface area contributed by atoms with Gasteiger partial charge in [0.1, 0.15) is 0 Å². The largest absolute Gasteiger partial charge is 0.299 e. The van der Waals surface area contributed by atoms with E-state index in [1.165, 1.54) is 36.8 Å². The maximum Gasteiger partial charge on any atom is 0.0233 e. The summed E-state index contributed by atoms with van der Waals surface area (Å²) in [6.45, 7) is 3.63. The van der Waals surface area contributed by atoms with Crippen LogP contribution in [0.5, 0.6) is 0 Å². The lowest BCUT2D eigenvalue weighted by atomic mass is 9.99. The van der Waals surface area contributed by atoms with Gasteiger partial charge in [0, 0.05) is 11.9 Å². The molecule has 1 aromatic rings. The summed E-state index contributed by atoms with van der Waals surface area (Å²) < 4.78 is 0. The zero-order chi connectivity index (χ0) is 10.5. The molecule has 3 heteroatoms. The lowest BCUT2D eigenvalue weighted by Gasteiger charge is -2.31. The van der Waals surface area contributed by atoms with Crippen molar-refractivity contribution in [3.05, 3.63) is 35.9 Å². The van der Waals surface area contributed by atoms with Crippen LogP contribution in [0.2, 0.25) is 0 Å². The number of rotatable bonds is 3. The van der Waals surface area contributed by atoms with Crippen molar-refractivity contribution in [3.63, 3.8) is 0 Å². The van der Waals surface area contributed by atoms with Crippen LogP contribution in [0.1, 0.15) is 18.4 Å². The molecule has 0 saturated carbocycles. The van der Waals surface area contributed by atoms with Crippen molar-refractivity contribution >= 4 is 32.9 Å². The van der Waals surface area contributed by atoms with E-state index in [-0.39, 0.29) is 17.0 Å². The Morgan fingerprint density at radius 2 is 1.75 bits per heavy atom. The Morgan fingerprint density at radius 1 is 1.12 bits per heavy atom. The monoisotopic (exact) mass is 347 g/mol. The van der Waals surface area contributed by atoms with Crippen molar-refractivity contribution in [3.8, 4) is 0 Å². The van der Waals surface area contributed by atoms with Gasteiger partial charge in [-0.2, -0.15) is 0 Å². The lowest BCUT2D eigenvalue weighted by Crippen LogP contribution is -2.33. The highest BCUT2D eigenvalue weighted by Crippen LogP contribution is 2.20. The highest BCUT2D eigenvalue weighted by Gasteiger charge is 2.17. The Balaban J connectivity index is 0.00000128. The third kappa shape index (κ3) is 4.19. The van der Waals surface area contributed by atoms with E-state index in [2.05, 4.69) is 51.2 Å². The minimum Gasteiger partial charge on any atom is -0.299 e. The first-order valence-corrected chi connectivity index (χ1v) is 6.83. The van der Waals surface area contributed by atoms with Crippen molar-refractivity contribution in [2.75, 3.05) is 18.4 Å². The fourth-order valence-corrected chi connectivity index (χ4v) is 2.79. The topological polar surface area (TPSA) is 3.24 Å². The van der Waals surface area contributed by atoms with Crippen LogP contribution in [0.15, 0.2) is 30.3 Å². The first-order chi connectivity index (χ1) is 7.38. The summed E-state index contributed by atoms with van der Waals surface area (Å²) in [5.41, 5.74) is 1.44. The maximum absolute atomic E-state index is 3.58. The first-order valence-electron chi connectivity index (χ1n) is 5.70. The van der Waals surface area contributed by atoms with Crippen molar-refractivity contribution in [1.29, 1.82) is 0 Å². The minimum atomic E-state index is 0. The summed E-state index contributed by atoms with van der Waals surface area (Å²) in [4.78, 5) is 2.56. The summed E-state index contributed by atoms with van der Waals surface area (Å²) >= 11 is 3.58. The van der Waals surface area contributed by atoms with Crippen molar-refractivity contribution in [2.24, 2.45) is 5.92 Å². The van der Waals surface area contributed by atoms with Gasteiger partial charge in [0.2, 0.25) is 0 Å². The number of piperidine rings is 1. The third-order valence-electron chi connectivity index (χ3n) is 3.17. The van der Waals surface area contributed by atoms with E-state index in [9.17, 15) is 0 Å². The van der Waals surface area contributed by atoms with Gasteiger partial charge < -0.3 is 0 Å². The van der Waals surface area contributed by atoms with Crippen LogP contribution < -0.4 is 0 Å². The Kier molecular flexibility index (Phi) is 6.62. The highest BCUT2D eigenvalue weighted by atomic mass is 79.9. The molecular weight excluding hydrogens is 330 g/mol. The van der Waals surface area contributed by atoms with Crippen LogP contribution in [0.3, 0.4) is 0 Å². The van der Waals surface area contributed by atoms with Crippen molar-refractivity contribution < 1.29 is 0 Å². The number of likely N-dealkylation sites (tertiary alicyclic amines) is 1. The fourth-order valence-electron chi connectivity index (χ4n) is 2.14. The summed E-state index contributed by atoms with van der Waals surface area (Å²) in [6.07, 6.45) is 2.69. The number of nitrogens with zero attached hydrogens (tertiary/aromatic N) is 1. The molecule has 0 spiro atoms. The van der Waals surface area contributed by atoms with Crippen LogP contribution in [-0.4, -0.2) is 23.3 Å². The van der Waals surface area contributed by atoms with Crippen molar-refractivity contribution in [1.82, 2.24) is 4.90 Å². The predicted octanol–water partition coefficient (Wildman–Crippen LogP) is 3.87. The molecule has 0 amide bonds. The van der Waals surface area contributed by atoms with Gasteiger partial charge in [-0.1, -0.05) is 46.3 Å². The van der Waals surface area contributed by atoms with E-state index in [0.29, 0.717) is 0 Å². The van der Waals surface area contributed by atoms with E-state index in [0.717, 1.165) is 12.5 Å². The molecule has 1 heterocycles. The van der Waals surface area contributed by atoms with E-state index < -0.39 is 0 Å². The zero-order valence-electron chi connectivity index (χ0n) is 9.44. The number of halogens is 2. The maximum atomic E-state index is 3.58. The van der Waals surface area contributed by atoms with Crippen LogP contribution in [0.25, 0.3) is 0 Å². The lowest BCUT2D eigenvalue weighted by molar-refractivity contribution is 0.187. The number of alkyl halides is 1. The van der Waals surface area contributed by atoms with E-state index in [1.807, 2.05) is 0 Å². The fraction of sp³-hybridized carbons (Fsp3) is 0.538. The number of benzene rings is 1. The first kappa shape index (κ1) is 14.2. The summed E-state index contributed by atoms with van der Waals surface area (Å²) in [7, 11) is 0. The van der Waals surface area contributed by atoms with Crippen LogP contribution in [0.4, 0.5) is 0 Å². The molecule has 0 aromatic heterocycles. The second-order valence-electron chi connectivity index (χ2n) is 4.36. The quantitative estimate of drug-likeness (QED) is 0.749. The summed E-state index contributed by atoms with van der Waals surface area (Å²) in [5, 5.41) is 1.17. The van der Waals surface area contributed by atoms with Gasteiger partial charge >= 0.3 is 0 Å². The molecule has 0 N–H and O–H groups in total. The van der Waals surface area contributed by atoms with Crippen LogP contribution >= 0.6 is 32.9 Å². The molecule has 1 nitrogen and oxygen atoms in total. The molecule has 0 bridgehead atoms. The zero-order valence-corrected chi connectivity index (χ0v) is 12.7. The third-order valence-corrected chi connectivity index (χ3v) is 4.09. The standard InChI is InChI=1S/C13H18BrN.BrH/c14-10-12-6-8-15(9-7-12)11-13-4-2-1-3-5-13;/h1-5,12H,6-11H2;1H. The Hall–Kier alpha value is 0.140. The van der Waals surface area contributed by atoms with Gasteiger partial charge in [0.05, 0.1) is 0 Å². The molecule has 0 aliphatic carbocycles. The molecule has 1 fully saturated rings. The number of hydrogen-bond acceptors (Lipinski definition) is 1. The van der Waals surface area contributed by atoms with Gasteiger partial charge in [0.25, 0.3) is 0 Å². The summed E-state index contributed by atoms with van der Waals surface area (Å²) in [5.74, 6) is 0.900. The Bertz CT molecular complexity index is 281. The van der Waals surface area contributed by atoms with Crippen LogP contribution in [-0.2, 0) is 6.54 Å². The number of hydrogen-bond donors (Lipinski definition) is 0. The molecule has 1 saturated heterocycles. The molecule has 2 rings (SSSR count). The van der Waals surface area contributed by atoms with E-state index in [4.69, 9.17) is 0 Å². The molecule has 0 radical (unpaired) electrons. The highest BCUT2D eigenvalue weighted by molar-refractivity contribution is 9.09. The average Bonchev–Trinajstić information content (AvgIpc) is 2.31. The van der Waals surface area contributed by atoms with Gasteiger partial charge in [-0.15, -0.1) is 17.0 Å². The smallest absolute Gasteiger partial charge is 0.0233 e. The molecule has 0 atom stereocenters. The molecule has 16 heavy (non-hydrogen) atoms. The summed E-state index contributed by atoms with van der Waals surface area (Å²) in [6, 6.07) is 10.8. The van der Waals surface area contributed by atoms with Crippen LogP contribution in [0, 0.1) is 5.92 Å². The molecule has 1 aliphatic heterocycles. The SMILES string of the molecule is Br.BrCC1CCN(Cc2ccccc2)CC1. The predicted molar refractivity (Wildman–Crippen MR) is 78.6 cm³/mol. The van der Waals surface area contributed by atoms with Gasteiger partial charge in [-0.05, 0) is 37.4 Å². The normalized spacial score (nSPS) is 18.1. The van der Waals surface area contributed by atoms with Crippen molar-refractivity contribution in [2.45, 2.75) is 19.4 Å².